The van der Waals surface area contributed by atoms with Gasteiger partial charge in [0, 0.05) is 17.8 Å². The van der Waals surface area contributed by atoms with Crippen LogP contribution in [0.1, 0.15) is 24.0 Å². The van der Waals surface area contributed by atoms with Crippen LogP contribution in [0.15, 0.2) is 5.38 Å². The Morgan fingerprint density at radius 2 is 2.32 bits per heavy atom. The van der Waals surface area contributed by atoms with Gasteiger partial charge in [0.05, 0.1) is 48.4 Å². The molecule has 6 nitrogen and oxygen atoms in total. The molecule has 0 saturated carbocycles. The number of sulfonamides is 1. The fourth-order valence-electron chi connectivity index (χ4n) is 3.20. The van der Waals surface area contributed by atoms with Crippen molar-refractivity contribution in [1.29, 1.82) is 0 Å². The molecule has 3 atom stereocenters. The molecule has 0 radical (unpaired) electrons. The standard InChI is InChI=1S/C14H22N2O4S2/c1-3-4-22(17,18)16-5-14(12-7-19-8-13(12)16)20-6-11-9-21-10(2)15-11/h9,12-14H,3-8H2,1-2H3/t12-,13+,14+/m1/s1. The third kappa shape index (κ3) is 3.21. The number of aromatic nitrogens is 1. The lowest BCUT2D eigenvalue weighted by molar-refractivity contribution is 0.0114. The lowest BCUT2D eigenvalue weighted by Gasteiger charge is -2.21. The molecule has 3 heterocycles. The molecule has 0 aromatic carbocycles. The minimum atomic E-state index is -3.22. The third-order valence-electron chi connectivity index (χ3n) is 4.23. The molecule has 1 aromatic rings. The van der Waals surface area contributed by atoms with E-state index in [1.807, 2.05) is 19.2 Å². The molecule has 2 aliphatic rings. The zero-order valence-corrected chi connectivity index (χ0v) is 14.5. The fourth-order valence-corrected chi connectivity index (χ4v) is 5.55. The van der Waals surface area contributed by atoms with E-state index >= 15 is 0 Å². The topological polar surface area (TPSA) is 68.7 Å². The summed E-state index contributed by atoms with van der Waals surface area (Å²) in [6, 6.07) is -0.0706. The largest absolute Gasteiger partial charge is 0.379 e. The molecule has 22 heavy (non-hydrogen) atoms. The van der Waals surface area contributed by atoms with Crippen molar-refractivity contribution in [2.45, 2.75) is 39.0 Å². The average molecular weight is 346 g/mol. The van der Waals surface area contributed by atoms with Gasteiger partial charge < -0.3 is 9.47 Å². The quantitative estimate of drug-likeness (QED) is 0.779. The van der Waals surface area contributed by atoms with Crippen LogP contribution >= 0.6 is 11.3 Å². The highest BCUT2D eigenvalue weighted by Gasteiger charge is 2.50. The second kappa shape index (κ2) is 6.52. The van der Waals surface area contributed by atoms with Crippen LogP contribution in [0, 0.1) is 12.8 Å². The van der Waals surface area contributed by atoms with E-state index in [1.165, 1.54) is 0 Å². The van der Waals surface area contributed by atoms with Crippen molar-refractivity contribution in [3.05, 3.63) is 16.1 Å². The number of aryl methyl sites for hydroxylation is 1. The van der Waals surface area contributed by atoms with Gasteiger partial charge in [-0.3, -0.25) is 0 Å². The summed E-state index contributed by atoms with van der Waals surface area (Å²) in [4.78, 5) is 4.38. The summed E-state index contributed by atoms with van der Waals surface area (Å²) in [5.41, 5.74) is 0.910. The average Bonchev–Trinajstić information content (AvgIpc) is 3.12. The summed E-state index contributed by atoms with van der Waals surface area (Å²) in [5.74, 6) is 0.320. The maximum atomic E-state index is 12.4. The van der Waals surface area contributed by atoms with Crippen molar-refractivity contribution in [2.24, 2.45) is 5.92 Å². The van der Waals surface area contributed by atoms with Crippen LogP contribution in [-0.4, -0.2) is 55.4 Å². The van der Waals surface area contributed by atoms with E-state index in [0.29, 0.717) is 32.8 Å². The van der Waals surface area contributed by atoms with Crippen molar-refractivity contribution in [1.82, 2.24) is 9.29 Å². The SMILES string of the molecule is CCCS(=O)(=O)N1C[C@H](OCc2csc(C)n2)[C@@H]2COC[C@@H]21. The van der Waals surface area contributed by atoms with Gasteiger partial charge in [-0.05, 0) is 13.3 Å². The number of fused-ring (bicyclic) bond motifs is 1. The first kappa shape index (κ1) is 16.3. The van der Waals surface area contributed by atoms with Crippen LogP contribution < -0.4 is 0 Å². The Labute approximate surface area is 135 Å². The van der Waals surface area contributed by atoms with Crippen molar-refractivity contribution >= 4 is 21.4 Å². The van der Waals surface area contributed by atoms with E-state index in [9.17, 15) is 8.42 Å². The van der Waals surface area contributed by atoms with Gasteiger partial charge >= 0.3 is 0 Å². The second-order valence-electron chi connectivity index (χ2n) is 5.86. The minimum absolute atomic E-state index is 0.0706. The lowest BCUT2D eigenvalue weighted by Crippen LogP contribution is -2.39. The smallest absolute Gasteiger partial charge is 0.214 e. The molecular weight excluding hydrogens is 324 g/mol. The molecule has 0 N–H and O–H groups in total. The monoisotopic (exact) mass is 346 g/mol. The van der Waals surface area contributed by atoms with Gasteiger partial charge in [0.2, 0.25) is 10.0 Å². The number of ether oxygens (including phenoxy) is 2. The van der Waals surface area contributed by atoms with Gasteiger partial charge in [0.1, 0.15) is 0 Å². The lowest BCUT2D eigenvalue weighted by atomic mass is 10.0. The van der Waals surface area contributed by atoms with E-state index < -0.39 is 10.0 Å². The van der Waals surface area contributed by atoms with E-state index in [-0.39, 0.29) is 23.8 Å². The Balaban J connectivity index is 1.68. The van der Waals surface area contributed by atoms with Gasteiger partial charge in [-0.1, -0.05) is 6.92 Å². The van der Waals surface area contributed by atoms with Gasteiger partial charge in [0.15, 0.2) is 0 Å². The molecule has 2 fully saturated rings. The number of thiazole rings is 1. The van der Waals surface area contributed by atoms with Crippen molar-refractivity contribution < 1.29 is 17.9 Å². The van der Waals surface area contributed by atoms with Gasteiger partial charge in [0.25, 0.3) is 0 Å². The highest BCUT2D eigenvalue weighted by Crippen LogP contribution is 2.34. The first-order valence-electron chi connectivity index (χ1n) is 7.61. The summed E-state index contributed by atoms with van der Waals surface area (Å²) < 4.78 is 37.9. The molecule has 0 bridgehead atoms. The number of hydrogen-bond acceptors (Lipinski definition) is 6. The van der Waals surface area contributed by atoms with Gasteiger partial charge in [-0.2, -0.15) is 4.31 Å². The highest BCUT2D eigenvalue weighted by molar-refractivity contribution is 7.89. The Hall–Kier alpha value is -0.540. The molecule has 0 amide bonds. The predicted octanol–water partition coefficient (Wildman–Crippen LogP) is 1.41. The third-order valence-corrected chi connectivity index (χ3v) is 7.11. The van der Waals surface area contributed by atoms with E-state index in [2.05, 4.69) is 4.98 Å². The Kier molecular flexibility index (Phi) is 4.84. The summed E-state index contributed by atoms with van der Waals surface area (Å²) in [7, 11) is -3.22. The molecule has 0 spiro atoms. The Morgan fingerprint density at radius 1 is 1.50 bits per heavy atom. The van der Waals surface area contributed by atoms with Crippen LogP contribution in [0.5, 0.6) is 0 Å². The molecule has 3 rings (SSSR count). The Bertz CT molecular complexity index is 616. The second-order valence-corrected chi connectivity index (χ2v) is 8.96. The maximum absolute atomic E-state index is 12.4. The number of hydrogen-bond donors (Lipinski definition) is 0. The van der Waals surface area contributed by atoms with Gasteiger partial charge in [-0.25, -0.2) is 13.4 Å². The van der Waals surface area contributed by atoms with E-state index in [4.69, 9.17) is 9.47 Å². The van der Waals surface area contributed by atoms with Crippen molar-refractivity contribution in [3.63, 3.8) is 0 Å². The molecule has 0 aliphatic carbocycles. The summed E-state index contributed by atoms with van der Waals surface area (Å²) in [6.45, 7) is 5.76. The molecule has 124 valence electrons. The predicted molar refractivity (Wildman–Crippen MR) is 84.3 cm³/mol. The van der Waals surface area contributed by atoms with Crippen LogP contribution in [0.3, 0.4) is 0 Å². The minimum Gasteiger partial charge on any atom is -0.379 e. The normalized spacial score (nSPS) is 29.1. The molecule has 2 aliphatic heterocycles. The summed E-state index contributed by atoms with van der Waals surface area (Å²) in [6.07, 6.45) is 0.516. The van der Waals surface area contributed by atoms with E-state index in [1.54, 1.807) is 15.6 Å². The molecular formula is C14H22N2O4S2. The first-order chi connectivity index (χ1) is 10.5. The summed E-state index contributed by atoms with van der Waals surface area (Å²) >= 11 is 1.60. The zero-order chi connectivity index (χ0) is 15.7. The molecule has 1 aromatic heterocycles. The summed E-state index contributed by atoms with van der Waals surface area (Å²) in [5, 5.41) is 3.00. The van der Waals surface area contributed by atoms with Gasteiger partial charge in [-0.15, -0.1) is 11.3 Å². The van der Waals surface area contributed by atoms with Crippen molar-refractivity contribution in [2.75, 3.05) is 25.5 Å². The molecule has 0 unspecified atom stereocenters. The Morgan fingerprint density at radius 3 is 3.00 bits per heavy atom. The molecule has 8 heteroatoms. The number of rotatable bonds is 6. The maximum Gasteiger partial charge on any atom is 0.214 e. The van der Waals surface area contributed by atoms with Crippen LogP contribution in [0.4, 0.5) is 0 Å². The van der Waals surface area contributed by atoms with E-state index in [0.717, 1.165) is 10.7 Å². The zero-order valence-electron chi connectivity index (χ0n) is 12.9. The van der Waals surface area contributed by atoms with Crippen LogP contribution in [0.25, 0.3) is 0 Å². The van der Waals surface area contributed by atoms with Crippen LogP contribution in [-0.2, 0) is 26.1 Å². The first-order valence-corrected chi connectivity index (χ1v) is 10.1. The fraction of sp³-hybridized carbons (Fsp3) is 0.786. The van der Waals surface area contributed by atoms with Crippen molar-refractivity contribution in [3.8, 4) is 0 Å². The van der Waals surface area contributed by atoms with Crippen LogP contribution in [0.2, 0.25) is 0 Å². The molecule has 2 saturated heterocycles. The number of nitrogens with zero attached hydrogens (tertiary/aromatic N) is 2. The highest BCUT2D eigenvalue weighted by atomic mass is 32.2.